The Morgan fingerprint density at radius 2 is 1.70 bits per heavy atom. The van der Waals surface area contributed by atoms with E-state index >= 15 is 0 Å². The summed E-state index contributed by atoms with van der Waals surface area (Å²) in [5, 5.41) is 0. The van der Waals surface area contributed by atoms with Crippen molar-refractivity contribution in [3.8, 4) is 0 Å². The zero-order chi connectivity index (χ0) is 28.7. The number of ether oxygens (including phenoxy) is 3. The van der Waals surface area contributed by atoms with Crippen LogP contribution in [0.25, 0.3) is 6.08 Å². The fraction of sp³-hybridized carbons (Fsp3) is 0.625. The highest BCUT2D eigenvalue weighted by Gasteiger charge is 2.45. The van der Waals surface area contributed by atoms with E-state index in [1.54, 1.807) is 0 Å². The third-order valence-electron chi connectivity index (χ3n) is 7.35. The van der Waals surface area contributed by atoms with Gasteiger partial charge in [0.1, 0.15) is 6.10 Å². The summed E-state index contributed by atoms with van der Waals surface area (Å²) in [6.45, 7) is 4.80. The number of rotatable bonds is 16. The summed E-state index contributed by atoms with van der Waals surface area (Å²) in [6.07, 6.45) is 11.2. The summed E-state index contributed by atoms with van der Waals surface area (Å²) in [7, 11) is 7.94. The molecule has 1 aliphatic heterocycles. The van der Waals surface area contributed by atoms with E-state index in [0.717, 1.165) is 31.5 Å². The number of carbonyl (C=O) groups excluding carboxylic acids is 2. The van der Waals surface area contributed by atoms with Crippen LogP contribution in [-0.4, -0.2) is 119 Å². The number of esters is 1. The zero-order valence-corrected chi connectivity index (χ0v) is 24.9. The molecule has 1 heterocycles. The Kier molecular flexibility index (Phi) is 14.0. The Balaban J connectivity index is 1.49. The maximum atomic E-state index is 13.1. The van der Waals surface area contributed by atoms with E-state index < -0.39 is 0 Å². The summed E-state index contributed by atoms with van der Waals surface area (Å²) in [5.74, 6) is 0.257. The van der Waals surface area contributed by atoms with E-state index in [1.165, 1.54) is 0 Å². The number of hydrogen-bond acceptors (Lipinski definition) is 8. The Bertz CT molecular complexity index is 933. The minimum Gasteiger partial charge on any atom is -0.460 e. The van der Waals surface area contributed by atoms with Crippen molar-refractivity contribution >= 4 is 17.8 Å². The summed E-state index contributed by atoms with van der Waals surface area (Å²) in [5.41, 5.74) is 1.14. The molecule has 0 radical (unpaired) electrons. The molecule has 3 atom stereocenters. The van der Waals surface area contributed by atoms with Gasteiger partial charge in [0.15, 0.2) is 5.78 Å². The Morgan fingerprint density at radius 1 is 1.02 bits per heavy atom. The van der Waals surface area contributed by atoms with Crippen molar-refractivity contribution in [3.63, 3.8) is 0 Å². The van der Waals surface area contributed by atoms with Crippen LogP contribution in [0.4, 0.5) is 0 Å². The largest absolute Gasteiger partial charge is 0.460 e. The first-order valence-electron chi connectivity index (χ1n) is 14.6. The Morgan fingerprint density at radius 3 is 2.38 bits per heavy atom. The molecule has 1 unspecified atom stereocenters. The summed E-state index contributed by atoms with van der Waals surface area (Å²) >= 11 is 0. The number of allylic oxidation sites excluding steroid dienone is 2. The highest BCUT2D eigenvalue weighted by molar-refractivity contribution is 5.87. The van der Waals surface area contributed by atoms with Crippen molar-refractivity contribution in [2.45, 2.75) is 50.4 Å². The summed E-state index contributed by atoms with van der Waals surface area (Å²) in [4.78, 5) is 31.9. The van der Waals surface area contributed by atoms with Crippen molar-refractivity contribution < 1.29 is 23.8 Å². The molecule has 8 nitrogen and oxygen atoms in total. The van der Waals surface area contributed by atoms with E-state index in [9.17, 15) is 9.59 Å². The molecule has 0 N–H and O–H groups in total. The highest BCUT2D eigenvalue weighted by Crippen LogP contribution is 2.34. The standard InChI is InChI=1S/C32H49N3O5/c1-33(2)24-27(25-34(3)4)40-31(37)17-11-6-5-10-16-28-30(39-20-12-15-26-13-8-7-9-14-26)23-29(36)32(28)35-18-21-38-22-19-35/h5-9,12-15,27-28,30,32H,10-11,16-25H2,1-4H3/b6-5-,15-12+/t28-,30-,32?/m0/s1. The average Bonchev–Trinajstić information content (AvgIpc) is 3.23. The minimum atomic E-state index is -0.163. The smallest absolute Gasteiger partial charge is 0.306 e. The van der Waals surface area contributed by atoms with Gasteiger partial charge in [-0.25, -0.2) is 0 Å². The van der Waals surface area contributed by atoms with Crippen LogP contribution in [0, 0.1) is 5.92 Å². The number of likely N-dealkylation sites (N-methyl/N-ethyl adjacent to an activating group) is 2. The van der Waals surface area contributed by atoms with Crippen molar-refractivity contribution in [2.75, 3.05) is 74.2 Å². The molecular formula is C32H49N3O5. The van der Waals surface area contributed by atoms with Crippen LogP contribution in [0.2, 0.25) is 0 Å². The average molecular weight is 556 g/mol. The van der Waals surface area contributed by atoms with Gasteiger partial charge in [-0.2, -0.15) is 0 Å². The van der Waals surface area contributed by atoms with E-state index in [4.69, 9.17) is 14.2 Å². The van der Waals surface area contributed by atoms with Gasteiger partial charge in [-0.15, -0.1) is 0 Å². The molecule has 3 rings (SSSR count). The van der Waals surface area contributed by atoms with Crippen molar-refractivity contribution in [2.24, 2.45) is 5.92 Å². The molecule has 1 aliphatic carbocycles. The van der Waals surface area contributed by atoms with Gasteiger partial charge >= 0.3 is 5.97 Å². The molecular weight excluding hydrogens is 506 g/mol. The van der Waals surface area contributed by atoms with E-state index in [2.05, 4.69) is 35.3 Å². The van der Waals surface area contributed by atoms with Crippen molar-refractivity contribution in [1.82, 2.24) is 14.7 Å². The van der Waals surface area contributed by atoms with Crippen LogP contribution in [0.5, 0.6) is 0 Å². The van der Waals surface area contributed by atoms with Gasteiger partial charge in [0.2, 0.25) is 0 Å². The van der Waals surface area contributed by atoms with Crippen LogP contribution in [0.15, 0.2) is 48.6 Å². The molecule has 0 spiro atoms. The molecule has 222 valence electrons. The molecule has 0 amide bonds. The molecule has 0 bridgehead atoms. The second kappa shape index (κ2) is 17.5. The van der Waals surface area contributed by atoms with Gasteiger partial charge in [-0.1, -0.05) is 54.6 Å². The number of benzene rings is 1. The first-order chi connectivity index (χ1) is 19.3. The van der Waals surface area contributed by atoms with Crippen LogP contribution >= 0.6 is 0 Å². The summed E-state index contributed by atoms with van der Waals surface area (Å²) < 4.78 is 17.5. The minimum absolute atomic E-state index is 0.0885. The number of nitrogens with zero attached hydrogens (tertiary/aromatic N) is 3. The SMILES string of the molecule is CN(C)CC(CN(C)C)OC(=O)CC/C=C\CC[C@@H]1C(N2CCOCC2)C(=O)C[C@@H]1OC/C=C/c1ccccc1. The van der Waals surface area contributed by atoms with Gasteiger partial charge in [-0.05, 0) is 53.0 Å². The topological polar surface area (TPSA) is 71.5 Å². The van der Waals surface area contributed by atoms with E-state index in [0.29, 0.717) is 52.2 Å². The highest BCUT2D eigenvalue weighted by atomic mass is 16.5. The molecule has 1 aromatic rings. The number of morpholine rings is 1. The maximum Gasteiger partial charge on any atom is 0.306 e. The zero-order valence-electron chi connectivity index (χ0n) is 24.9. The molecule has 1 saturated carbocycles. The third-order valence-corrected chi connectivity index (χ3v) is 7.35. The van der Waals surface area contributed by atoms with Gasteiger partial charge in [-0.3, -0.25) is 14.5 Å². The van der Waals surface area contributed by atoms with Gasteiger partial charge in [0, 0.05) is 44.9 Å². The van der Waals surface area contributed by atoms with Gasteiger partial charge < -0.3 is 24.0 Å². The quantitative estimate of drug-likeness (QED) is 0.227. The lowest BCUT2D eigenvalue weighted by Crippen LogP contribution is -2.49. The predicted octanol–water partition coefficient (Wildman–Crippen LogP) is 3.53. The first kappa shape index (κ1) is 32.2. The number of carbonyl (C=O) groups is 2. The third kappa shape index (κ3) is 11.3. The lowest BCUT2D eigenvalue weighted by molar-refractivity contribution is -0.150. The summed E-state index contributed by atoms with van der Waals surface area (Å²) in [6, 6.07) is 10.0. The Hall–Kier alpha value is -2.36. The van der Waals surface area contributed by atoms with Crippen LogP contribution in [-0.2, 0) is 23.8 Å². The lowest BCUT2D eigenvalue weighted by Gasteiger charge is -2.35. The molecule has 2 aliphatic rings. The molecule has 2 fully saturated rings. The van der Waals surface area contributed by atoms with E-state index in [1.807, 2.05) is 62.3 Å². The number of Topliss-reactive ketones (excluding diaryl/α,β-unsaturated/α-hetero) is 1. The number of hydrogen-bond donors (Lipinski definition) is 0. The predicted molar refractivity (Wildman–Crippen MR) is 159 cm³/mol. The second-order valence-electron chi connectivity index (χ2n) is 11.3. The normalized spacial score (nSPS) is 22.5. The van der Waals surface area contributed by atoms with Crippen molar-refractivity contribution in [3.05, 3.63) is 54.1 Å². The van der Waals surface area contributed by atoms with Crippen molar-refractivity contribution in [1.29, 1.82) is 0 Å². The fourth-order valence-electron chi connectivity index (χ4n) is 5.61. The maximum absolute atomic E-state index is 13.1. The Labute approximate surface area is 240 Å². The number of ketones is 1. The molecule has 40 heavy (non-hydrogen) atoms. The van der Waals surface area contributed by atoms with E-state index in [-0.39, 0.29) is 35.9 Å². The second-order valence-corrected chi connectivity index (χ2v) is 11.3. The monoisotopic (exact) mass is 555 g/mol. The van der Waals surface area contributed by atoms with Gasteiger partial charge in [0.25, 0.3) is 0 Å². The molecule has 1 saturated heterocycles. The van der Waals surface area contributed by atoms with Gasteiger partial charge in [0.05, 0.1) is 32.0 Å². The van der Waals surface area contributed by atoms with Crippen LogP contribution in [0.1, 0.15) is 37.7 Å². The first-order valence-corrected chi connectivity index (χ1v) is 14.6. The molecule has 0 aromatic heterocycles. The lowest BCUT2D eigenvalue weighted by atomic mass is 9.93. The van der Waals surface area contributed by atoms with Crippen LogP contribution in [0.3, 0.4) is 0 Å². The molecule has 1 aromatic carbocycles. The fourth-order valence-corrected chi connectivity index (χ4v) is 5.61. The molecule has 8 heteroatoms. The van der Waals surface area contributed by atoms with Crippen LogP contribution < -0.4 is 0 Å².